The van der Waals surface area contributed by atoms with Gasteiger partial charge in [0.1, 0.15) is 15.2 Å². The van der Waals surface area contributed by atoms with Crippen LogP contribution in [0.1, 0.15) is 17.7 Å². The Kier molecular flexibility index (Phi) is 3.89. The van der Waals surface area contributed by atoms with E-state index in [9.17, 15) is 13.2 Å². The normalized spacial score (nSPS) is 20.3. The molecular weight excluding hydrogens is 286 g/mol. The summed E-state index contributed by atoms with van der Waals surface area (Å²) < 4.78 is 26.9. The number of likely N-dealkylation sites (N-methyl/N-ethyl adjacent to an activating group) is 1. The van der Waals surface area contributed by atoms with Crippen LogP contribution in [0, 0.1) is 11.3 Å². The highest BCUT2D eigenvalue weighted by molar-refractivity contribution is 7.91. The van der Waals surface area contributed by atoms with E-state index < -0.39 is 10.0 Å². The number of carbonyl (C=O) groups excluding carboxylic acids is 1. The molecule has 0 spiro atoms. The molecule has 6 nitrogen and oxygen atoms in total. The summed E-state index contributed by atoms with van der Waals surface area (Å²) in [6.45, 7) is 0.370. The predicted octanol–water partition coefficient (Wildman–Crippen LogP) is 0.519. The van der Waals surface area contributed by atoms with Gasteiger partial charge in [0.05, 0.1) is 0 Å². The van der Waals surface area contributed by atoms with Gasteiger partial charge in [-0.05, 0) is 18.6 Å². The van der Waals surface area contributed by atoms with Gasteiger partial charge in [-0.2, -0.15) is 5.26 Å². The van der Waals surface area contributed by atoms with Crippen LogP contribution in [-0.2, 0) is 14.8 Å². The summed E-state index contributed by atoms with van der Waals surface area (Å²) in [5.74, 6) is 0.0262. The van der Waals surface area contributed by atoms with Crippen LogP contribution in [0.15, 0.2) is 16.3 Å². The Hall–Kier alpha value is -1.43. The van der Waals surface area contributed by atoms with Crippen LogP contribution in [0.2, 0.25) is 0 Å². The summed E-state index contributed by atoms with van der Waals surface area (Å²) in [7, 11) is -1.96. The minimum Gasteiger partial charge on any atom is -0.344 e. The van der Waals surface area contributed by atoms with Crippen LogP contribution in [0.4, 0.5) is 0 Å². The first-order chi connectivity index (χ1) is 8.92. The van der Waals surface area contributed by atoms with E-state index in [1.807, 2.05) is 6.07 Å². The molecule has 1 fully saturated rings. The van der Waals surface area contributed by atoms with Gasteiger partial charge in [-0.1, -0.05) is 0 Å². The standard InChI is InChI=1S/C11H13N3O3S2/c1-14-7-8(2-4-10(14)15)13-19(16,17)11-5-3-9(6-12)18-11/h3,5,8,13H,2,4,7H2,1H3. The minimum atomic E-state index is -3.61. The van der Waals surface area contributed by atoms with E-state index in [-0.39, 0.29) is 16.2 Å². The third-order valence-corrected chi connectivity index (χ3v) is 5.91. The molecule has 8 heteroatoms. The largest absolute Gasteiger partial charge is 0.344 e. The first-order valence-electron chi connectivity index (χ1n) is 5.68. The lowest BCUT2D eigenvalue weighted by molar-refractivity contribution is -0.132. The number of amides is 1. The van der Waals surface area contributed by atoms with Crippen LogP contribution >= 0.6 is 11.3 Å². The number of sulfonamides is 1. The summed E-state index contributed by atoms with van der Waals surface area (Å²) in [6, 6.07) is 4.53. The van der Waals surface area contributed by atoms with Gasteiger partial charge in [0.25, 0.3) is 0 Å². The Morgan fingerprint density at radius 2 is 2.26 bits per heavy atom. The molecule has 0 aliphatic carbocycles. The van der Waals surface area contributed by atoms with Gasteiger partial charge in [0.15, 0.2) is 0 Å². The number of rotatable bonds is 3. The SMILES string of the molecule is CN1CC(NS(=O)(=O)c2ccc(C#N)s2)CCC1=O. The molecule has 1 aromatic rings. The van der Waals surface area contributed by atoms with E-state index in [2.05, 4.69) is 4.72 Å². The molecule has 1 unspecified atom stereocenters. The van der Waals surface area contributed by atoms with E-state index in [0.717, 1.165) is 11.3 Å². The molecule has 1 atom stereocenters. The molecule has 2 heterocycles. The van der Waals surface area contributed by atoms with Gasteiger partial charge in [0.2, 0.25) is 15.9 Å². The number of likely N-dealkylation sites (tertiary alicyclic amines) is 1. The molecule has 0 saturated carbocycles. The van der Waals surface area contributed by atoms with Gasteiger partial charge in [-0.25, -0.2) is 13.1 Å². The number of nitrogens with zero attached hydrogens (tertiary/aromatic N) is 2. The zero-order valence-electron chi connectivity index (χ0n) is 10.3. The molecule has 1 amide bonds. The van der Waals surface area contributed by atoms with Crippen molar-refractivity contribution < 1.29 is 13.2 Å². The maximum Gasteiger partial charge on any atom is 0.250 e. The fourth-order valence-corrected chi connectivity index (χ4v) is 4.29. The number of nitrogens with one attached hydrogen (secondary N) is 1. The third kappa shape index (κ3) is 3.12. The third-order valence-electron chi connectivity index (χ3n) is 2.90. The van der Waals surface area contributed by atoms with Crippen molar-refractivity contribution in [1.29, 1.82) is 5.26 Å². The minimum absolute atomic E-state index is 0.0262. The van der Waals surface area contributed by atoms with Crippen molar-refractivity contribution >= 4 is 27.3 Å². The molecule has 19 heavy (non-hydrogen) atoms. The van der Waals surface area contributed by atoms with Crippen molar-refractivity contribution in [1.82, 2.24) is 9.62 Å². The Labute approximate surface area is 115 Å². The molecule has 1 saturated heterocycles. The Morgan fingerprint density at radius 3 is 2.84 bits per heavy atom. The molecular formula is C11H13N3O3S2. The summed E-state index contributed by atoms with van der Waals surface area (Å²) in [6.07, 6.45) is 0.844. The number of nitriles is 1. The van der Waals surface area contributed by atoms with Gasteiger partial charge in [-0.15, -0.1) is 11.3 Å². The highest BCUT2D eigenvalue weighted by Crippen LogP contribution is 2.22. The van der Waals surface area contributed by atoms with E-state index in [1.54, 1.807) is 7.05 Å². The zero-order valence-corrected chi connectivity index (χ0v) is 11.9. The summed E-state index contributed by atoms with van der Waals surface area (Å²) in [5.41, 5.74) is 0. The van der Waals surface area contributed by atoms with E-state index in [0.29, 0.717) is 24.3 Å². The fraction of sp³-hybridized carbons (Fsp3) is 0.455. The number of thiophene rings is 1. The molecule has 1 N–H and O–H groups in total. The number of hydrogen-bond acceptors (Lipinski definition) is 5. The van der Waals surface area contributed by atoms with Gasteiger partial charge >= 0.3 is 0 Å². The number of carbonyl (C=O) groups is 1. The van der Waals surface area contributed by atoms with Crippen molar-refractivity contribution in [2.75, 3.05) is 13.6 Å². The fourth-order valence-electron chi connectivity index (χ4n) is 1.91. The lowest BCUT2D eigenvalue weighted by Crippen LogP contribution is -2.48. The molecule has 1 aliphatic rings. The van der Waals surface area contributed by atoms with Crippen molar-refractivity contribution in [3.05, 3.63) is 17.0 Å². The van der Waals surface area contributed by atoms with Crippen molar-refractivity contribution in [3.8, 4) is 6.07 Å². The summed E-state index contributed by atoms with van der Waals surface area (Å²) in [5, 5.41) is 8.70. The van der Waals surface area contributed by atoms with Gasteiger partial charge in [0, 0.05) is 26.1 Å². The second-order valence-electron chi connectivity index (χ2n) is 4.36. The number of hydrogen-bond donors (Lipinski definition) is 1. The smallest absolute Gasteiger partial charge is 0.250 e. The highest BCUT2D eigenvalue weighted by atomic mass is 32.2. The summed E-state index contributed by atoms with van der Waals surface area (Å²) in [4.78, 5) is 13.2. The van der Waals surface area contributed by atoms with Crippen LogP contribution in [0.3, 0.4) is 0 Å². The Morgan fingerprint density at radius 1 is 1.53 bits per heavy atom. The van der Waals surface area contributed by atoms with Gasteiger partial charge < -0.3 is 4.90 Å². The first-order valence-corrected chi connectivity index (χ1v) is 7.98. The second kappa shape index (κ2) is 5.28. The predicted molar refractivity (Wildman–Crippen MR) is 70.0 cm³/mol. The maximum absolute atomic E-state index is 12.1. The molecule has 0 aromatic carbocycles. The lowest BCUT2D eigenvalue weighted by Gasteiger charge is -2.29. The Bertz CT molecular complexity index is 630. The van der Waals surface area contributed by atoms with E-state index in [4.69, 9.17) is 5.26 Å². The van der Waals surface area contributed by atoms with Crippen molar-refractivity contribution in [2.24, 2.45) is 0 Å². The molecule has 102 valence electrons. The monoisotopic (exact) mass is 299 g/mol. The van der Waals surface area contributed by atoms with Crippen LogP contribution < -0.4 is 4.72 Å². The second-order valence-corrected chi connectivity index (χ2v) is 7.39. The quantitative estimate of drug-likeness (QED) is 0.881. The maximum atomic E-state index is 12.1. The van der Waals surface area contributed by atoms with Crippen molar-refractivity contribution in [3.63, 3.8) is 0 Å². The average Bonchev–Trinajstić information content (AvgIpc) is 2.83. The van der Waals surface area contributed by atoms with E-state index in [1.165, 1.54) is 17.0 Å². The van der Waals surface area contributed by atoms with E-state index >= 15 is 0 Å². The molecule has 0 bridgehead atoms. The molecule has 1 aromatic heterocycles. The van der Waals surface area contributed by atoms with Crippen LogP contribution in [0.5, 0.6) is 0 Å². The average molecular weight is 299 g/mol. The van der Waals surface area contributed by atoms with Crippen LogP contribution in [-0.4, -0.2) is 38.9 Å². The molecule has 1 aliphatic heterocycles. The highest BCUT2D eigenvalue weighted by Gasteiger charge is 2.27. The zero-order chi connectivity index (χ0) is 14.0. The molecule has 2 rings (SSSR count). The van der Waals surface area contributed by atoms with Gasteiger partial charge in [-0.3, -0.25) is 4.79 Å². The molecule has 0 radical (unpaired) electrons. The lowest BCUT2D eigenvalue weighted by atomic mass is 10.1. The number of piperidine rings is 1. The summed E-state index contributed by atoms with van der Waals surface area (Å²) >= 11 is 0.938. The van der Waals surface area contributed by atoms with Crippen LogP contribution in [0.25, 0.3) is 0 Å². The Balaban J connectivity index is 2.10. The first kappa shape index (κ1) is 14.0. The van der Waals surface area contributed by atoms with Crippen molar-refractivity contribution in [2.45, 2.75) is 23.1 Å². The topological polar surface area (TPSA) is 90.3 Å².